The fourth-order valence-corrected chi connectivity index (χ4v) is 1.97. The highest BCUT2D eigenvalue weighted by molar-refractivity contribution is 6.39. The van der Waals surface area contributed by atoms with Crippen LogP contribution in [-0.2, 0) is 14.3 Å². The molecule has 0 radical (unpaired) electrons. The van der Waals surface area contributed by atoms with Crippen LogP contribution in [-0.4, -0.2) is 56.1 Å². The third kappa shape index (κ3) is 4.80. The lowest BCUT2D eigenvalue weighted by molar-refractivity contribution is -0.136. The highest BCUT2D eigenvalue weighted by Crippen LogP contribution is 2.11. The highest BCUT2D eigenvalue weighted by atomic mass is 19.1. The number of morpholine rings is 1. The molecule has 0 aromatic heterocycles. The molecule has 1 fully saturated rings. The number of ether oxygens (including phenoxy) is 1. The lowest BCUT2D eigenvalue weighted by Gasteiger charge is -2.26. The van der Waals surface area contributed by atoms with Crippen molar-refractivity contribution in [2.45, 2.75) is 0 Å². The van der Waals surface area contributed by atoms with Crippen molar-refractivity contribution in [2.75, 3.05) is 44.7 Å². The van der Waals surface area contributed by atoms with Crippen molar-refractivity contribution in [1.29, 1.82) is 0 Å². The van der Waals surface area contributed by atoms with E-state index in [0.29, 0.717) is 26.3 Å². The van der Waals surface area contributed by atoms with E-state index in [-0.39, 0.29) is 5.69 Å². The van der Waals surface area contributed by atoms with Gasteiger partial charge in [-0.1, -0.05) is 12.1 Å². The Labute approximate surface area is 122 Å². The predicted octanol–water partition coefficient (Wildman–Crippen LogP) is 0.213. The number of carbonyl (C=O) groups is 2. The monoisotopic (exact) mass is 295 g/mol. The molecule has 1 aliphatic rings. The zero-order valence-corrected chi connectivity index (χ0v) is 11.6. The molecule has 2 rings (SSSR count). The summed E-state index contributed by atoms with van der Waals surface area (Å²) in [5, 5.41) is 4.75. The standard InChI is InChI=1S/C14H18FN3O3/c15-11-3-1-2-4-12(11)17-14(20)13(19)16-5-6-18-7-9-21-10-8-18/h1-4H,5-10H2,(H,16,19)(H,17,20). The first-order chi connectivity index (χ1) is 10.2. The van der Waals surface area contributed by atoms with Crippen molar-refractivity contribution in [1.82, 2.24) is 10.2 Å². The van der Waals surface area contributed by atoms with Crippen LogP contribution >= 0.6 is 0 Å². The minimum atomic E-state index is -0.873. The van der Waals surface area contributed by atoms with E-state index in [4.69, 9.17) is 4.74 Å². The molecule has 7 heteroatoms. The van der Waals surface area contributed by atoms with Gasteiger partial charge >= 0.3 is 11.8 Å². The van der Waals surface area contributed by atoms with Crippen molar-refractivity contribution in [3.8, 4) is 0 Å². The van der Waals surface area contributed by atoms with Crippen LogP contribution in [0.2, 0.25) is 0 Å². The second-order valence-corrected chi connectivity index (χ2v) is 4.64. The molecule has 114 valence electrons. The van der Waals surface area contributed by atoms with Gasteiger partial charge in [0.05, 0.1) is 18.9 Å². The quantitative estimate of drug-likeness (QED) is 0.779. The lowest BCUT2D eigenvalue weighted by atomic mass is 10.3. The maximum atomic E-state index is 13.3. The van der Waals surface area contributed by atoms with Crippen LogP contribution in [0.25, 0.3) is 0 Å². The first-order valence-corrected chi connectivity index (χ1v) is 6.80. The second kappa shape index (κ2) is 7.70. The molecule has 0 aliphatic carbocycles. The van der Waals surface area contributed by atoms with Crippen LogP contribution in [0.5, 0.6) is 0 Å². The SMILES string of the molecule is O=C(NCCN1CCOCC1)C(=O)Nc1ccccc1F. The van der Waals surface area contributed by atoms with Gasteiger partial charge in [-0.05, 0) is 12.1 Å². The maximum Gasteiger partial charge on any atom is 0.313 e. The van der Waals surface area contributed by atoms with E-state index in [9.17, 15) is 14.0 Å². The zero-order chi connectivity index (χ0) is 15.1. The number of benzene rings is 1. The van der Waals surface area contributed by atoms with Crippen LogP contribution in [0, 0.1) is 5.82 Å². The van der Waals surface area contributed by atoms with Crippen molar-refractivity contribution in [3.05, 3.63) is 30.1 Å². The average molecular weight is 295 g/mol. The number of amides is 2. The largest absolute Gasteiger partial charge is 0.379 e. The Bertz CT molecular complexity index is 504. The molecule has 1 heterocycles. The summed E-state index contributed by atoms with van der Waals surface area (Å²) in [5.74, 6) is -2.22. The fourth-order valence-electron chi connectivity index (χ4n) is 1.97. The van der Waals surface area contributed by atoms with Crippen LogP contribution in [0.15, 0.2) is 24.3 Å². The number of nitrogens with zero attached hydrogens (tertiary/aromatic N) is 1. The Hall–Kier alpha value is -1.99. The van der Waals surface area contributed by atoms with E-state index in [1.165, 1.54) is 18.2 Å². The van der Waals surface area contributed by atoms with Crippen molar-refractivity contribution in [2.24, 2.45) is 0 Å². The smallest absolute Gasteiger partial charge is 0.313 e. The summed E-state index contributed by atoms with van der Waals surface area (Å²) >= 11 is 0. The molecular formula is C14H18FN3O3. The molecule has 2 amide bonds. The molecule has 21 heavy (non-hydrogen) atoms. The molecule has 6 nitrogen and oxygen atoms in total. The van der Waals surface area contributed by atoms with E-state index < -0.39 is 17.6 Å². The van der Waals surface area contributed by atoms with Gasteiger partial charge in [-0.15, -0.1) is 0 Å². The third-order valence-corrected chi connectivity index (χ3v) is 3.15. The first kappa shape index (κ1) is 15.4. The Morgan fingerprint density at radius 1 is 1.19 bits per heavy atom. The molecule has 1 aromatic carbocycles. The highest BCUT2D eigenvalue weighted by Gasteiger charge is 2.16. The first-order valence-electron chi connectivity index (χ1n) is 6.80. The number of rotatable bonds is 4. The number of halogens is 1. The second-order valence-electron chi connectivity index (χ2n) is 4.64. The van der Waals surface area contributed by atoms with Gasteiger partial charge in [-0.3, -0.25) is 14.5 Å². The number of para-hydroxylation sites is 1. The Kier molecular flexibility index (Phi) is 5.65. The van der Waals surface area contributed by atoms with Gasteiger partial charge in [-0.2, -0.15) is 0 Å². The van der Waals surface area contributed by atoms with Crippen molar-refractivity contribution < 1.29 is 18.7 Å². The fraction of sp³-hybridized carbons (Fsp3) is 0.429. The Morgan fingerprint density at radius 3 is 2.62 bits per heavy atom. The van der Waals surface area contributed by atoms with Crippen LogP contribution in [0.4, 0.5) is 10.1 Å². The summed E-state index contributed by atoms with van der Waals surface area (Å²) in [6.07, 6.45) is 0. The molecule has 2 N–H and O–H groups in total. The molecule has 0 bridgehead atoms. The normalized spacial score (nSPS) is 15.5. The van der Waals surface area contributed by atoms with Gasteiger partial charge in [0.1, 0.15) is 5.82 Å². The molecule has 0 unspecified atom stereocenters. The van der Waals surface area contributed by atoms with Gasteiger partial charge in [0.15, 0.2) is 0 Å². The lowest BCUT2D eigenvalue weighted by Crippen LogP contribution is -2.43. The number of anilines is 1. The number of carbonyl (C=O) groups excluding carboxylic acids is 2. The van der Waals surface area contributed by atoms with Crippen LogP contribution in [0.1, 0.15) is 0 Å². The van der Waals surface area contributed by atoms with Crippen molar-refractivity contribution >= 4 is 17.5 Å². The summed E-state index contributed by atoms with van der Waals surface area (Å²) in [6, 6.07) is 5.70. The molecule has 1 aromatic rings. The molecule has 1 saturated heterocycles. The molecule has 0 spiro atoms. The molecule has 0 saturated carbocycles. The summed E-state index contributed by atoms with van der Waals surface area (Å²) < 4.78 is 18.6. The minimum Gasteiger partial charge on any atom is -0.379 e. The van der Waals surface area contributed by atoms with Gasteiger partial charge in [0.25, 0.3) is 0 Å². The minimum absolute atomic E-state index is 0.00849. The van der Waals surface area contributed by atoms with Gasteiger partial charge < -0.3 is 15.4 Å². The van der Waals surface area contributed by atoms with Crippen LogP contribution < -0.4 is 10.6 Å². The number of hydrogen-bond donors (Lipinski definition) is 2. The Balaban J connectivity index is 1.72. The Morgan fingerprint density at radius 2 is 1.90 bits per heavy atom. The summed E-state index contributed by atoms with van der Waals surface area (Å²) in [6.45, 7) is 4.02. The summed E-state index contributed by atoms with van der Waals surface area (Å²) in [7, 11) is 0. The van der Waals surface area contributed by atoms with E-state index in [2.05, 4.69) is 15.5 Å². The topological polar surface area (TPSA) is 70.7 Å². The molecule has 1 aliphatic heterocycles. The maximum absolute atomic E-state index is 13.3. The van der Waals surface area contributed by atoms with Gasteiger partial charge in [-0.25, -0.2) is 4.39 Å². The predicted molar refractivity (Wildman–Crippen MR) is 75.3 cm³/mol. The zero-order valence-electron chi connectivity index (χ0n) is 11.6. The van der Waals surface area contributed by atoms with Gasteiger partial charge in [0.2, 0.25) is 0 Å². The average Bonchev–Trinajstić information content (AvgIpc) is 2.50. The van der Waals surface area contributed by atoms with Gasteiger partial charge in [0, 0.05) is 26.2 Å². The summed E-state index contributed by atoms with van der Waals surface area (Å²) in [5.41, 5.74) is -0.00849. The van der Waals surface area contributed by atoms with E-state index in [1.807, 2.05) is 0 Å². The number of nitrogens with one attached hydrogen (secondary N) is 2. The van der Waals surface area contributed by atoms with E-state index in [1.54, 1.807) is 6.07 Å². The molecule has 0 atom stereocenters. The van der Waals surface area contributed by atoms with Crippen LogP contribution in [0.3, 0.4) is 0 Å². The summed E-state index contributed by atoms with van der Waals surface area (Å²) in [4.78, 5) is 25.4. The van der Waals surface area contributed by atoms with Crippen molar-refractivity contribution in [3.63, 3.8) is 0 Å². The number of hydrogen-bond acceptors (Lipinski definition) is 4. The van der Waals surface area contributed by atoms with E-state index >= 15 is 0 Å². The molecular weight excluding hydrogens is 277 g/mol. The van der Waals surface area contributed by atoms with E-state index in [0.717, 1.165) is 13.1 Å². The third-order valence-electron chi connectivity index (χ3n) is 3.15.